The van der Waals surface area contributed by atoms with E-state index in [2.05, 4.69) is 41.4 Å². The van der Waals surface area contributed by atoms with Crippen molar-refractivity contribution in [3.8, 4) is 0 Å². The number of aliphatic hydroxyl groups is 1. The molecule has 2 amide bonds. The van der Waals surface area contributed by atoms with Gasteiger partial charge in [0.15, 0.2) is 11.9 Å². The number of amides is 2. The van der Waals surface area contributed by atoms with Crippen LogP contribution >= 0.6 is 0 Å². The molecule has 14 heteroatoms. The molecule has 0 unspecified atom stereocenters. The highest BCUT2D eigenvalue weighted by molar-refractivity contribution is 5.89. The number of nitrogens with zero attached hydrogens (tertiary/aromatic N) is 2. The summed E-state index contributed by atoms with van der Waals surface area (Å²) in [5.74, 6) is 1.69. The van der Waals surface area contributed by atoms with Crippen LogP contribution in [0.1, 0.15) is 118 Å². The normalized spacial score (nSPS) is 33.9. The van der Waals surface area contributed by atoms with Crippen molar-refractivity contribution in [2.45, 2.75) is 142 Å². The Morgan fingerprint density at radius 1 is 0.865 bits per heavy atom. The molecule has 13 N–H and O–H groups in total. The van der Waals surface area contributed by atoms with Crippen LogP contribution in [0.25, 0.3) is 0 Å². The van der Waals surface area contributed by atoms with Crippen molar-refractivity contribution in [3.05, 3.63) is 0 Å². The number of rotatable bonds is 17. The number of aliphatic imine (C=N–C) groups is 2. The number of ether oxygens (including phenoxy) is 1. The first kappa shape index (κ1) is 41.6. The summed E-state index contributed by atoms with van der Waals surface area (Å²) in [5, 5.41) is 18.0. The third-order valence-electron chi connectivity index (χ3n) is 13.8. The Morgan fingerprint density at radius 3 is 2.15 bits per heavy atom. The van der Waals surface area contributed by atoms with E-state index in [1.54, 1.807) is 0 Å². The molecule has 0 aromatic rings. The van der Waals surface area contributed by atoms with E-state index < -0.39 is 18.0 Å². The monoisotopic (exact) mass is 732 g/mol. The minimum Gasteiger partial charge on any atom is -0.466 e. The maximum atomic E-state index is 13.8. The quantitative estimate of drug-likeness (QED) is 0.0467. The molecule has 0 bridgehead atoms. The van der Waals surface area contributed by atoms with Gasteiger partial charge in [0, 0.05) is 25.6 Å². The van der Waals surface area contributed by atoms with Crippen molar-refractivity contribution in [2.24, 2.45) is 85.0 Å². The fourth-order valence-electron chi connectivity index (χ4n) is 11.1. The first-order valence-corrected chi connectivity index (χ1v) is 19.9. The summed E-state index contributed by atoms with van der Waals surface area (Å²) >= 11 is 0. The van der Waals surface area contributed by atoms with Crippen molar-refractivity contribution >= 4 is 29.7 Å². The molecule has 0 heterocycles. The molecule has 4 aliphatic rings. The van der Waals surface area contributed by atoms with Crippen LogP contribution in [-0.2, 0) is 19.1 Å². The number of hydrogen-bond donors (Lipinski definition) is 8. The van der Waals surface area contributed by atoms with Gasteiger partial charge in [-0.1, -0.05) is 20.8 Å². The zero-order valence-corrected chi connectivity index (χ0v) is 32.2. The van der Waals surface area contributed by atoms with E-state index in [4.69, 9.17) is 33.4 Å². The Bertz CT molecular complexity index is 1290. The number of esters is 1. The van der Waals surface area contributed by atoms with Gasteiger partial charge in [0.2, 0.25) is 11.8 Å². The maximum Gasteiger partial charge on any atom is 0.305 e. The largest absolute Gasteiger partial charge is 0.466 e. The van der Waals surface area contributed by atoms with E-state index in [0.717, 1.165) is 57.8 Å². The smallest absolute Gasteiger partial charge is 0.305 e. The third kappa shape index (κ3) is 9.89. The third-order valence-corrected chi connectivity index (χ3v) is 13.8. The second kappa shape index (κ2) is 18.3. The number of hydrogen-bond acceptors (Lipinski definition) is 8. The van der Waals surface area contributed by atoms with Crippen LogP contribution in [0.15, 0.2) is 9.98 Å². The molecule has 0 saturated heterocycles. The second-order valence-electron chi connectivity index (χ2n) is 16.9. The number of carbonyl (C=O) groups is 3. The molecule has 296 valence electrons. The molecule has 4 saturated carbocycles. The summed E-state index contributed by atoms with van der Waals surface area (Å²) < 4.78 is 5.21. The molecule has 4 aliphatic carbocycles. The summed E-state index contributed by atoms with van der Waals surface area (Å²) in [7, 11) is 0. The zero-order chi connectivity index (χ0) is 38.2. The SMILES string of the molecule is CCOC(=O)CC[C@@H](C)[C@H]1CC[C@H]2[C@@H]3[C@H](O)C[C@@H]4C[C@H](NC(=O)[C@H](CCCN=C(N)N)NC(=O)[C@@H](N)CCCN=C(N)N)CC[C@]4(C)[C@H]3CC[C@]12C. The molecular weight excluding hydrogens is 662 g/mol. The van der Waals surface area contributed by atoms with E-state index in [-0.39, 0.29) is 52.7 Å². The highest BCUT2D eigenvalue weighted by Crippen LogP contribution is 2.68. The molecule has 4 rings (SSSR count). The number of nitrogens with one attached hydrogen (secondary N) is 2. The molecule has 52 heavy (non-hydrogen) atoms. The predicted molar refractivity (Wildman–Crippen MR) is 203 cm³/mol. The van der Waals surface area contributed by atoms with Gasteiger partial charge in [-0.25, -0.2) is 0 Å². The van der Waals surface area contributed by atoms with Crippen molar-refractivity contribution in [1.82, 2.24) is 10.6 Å². The van der Waals surface area contributed by atoms with E-state index in [1.165, 1.54) is 0 Å². The van der Waals surface area contributed by atoms with Gasteiger partial charge in [0.05, 0.1) is 18.8 Å². The second-order valence-corrected chi connectivity index (χ2v) is 16.9. The van der Waals surface area contributed by atoms with E-state index >= 15 is 0 Å². The summed E-state index contributed by atoms with van der Waals surface area (Å²) in [6.45, 7) is 10.2. The standard InChI is InChI=1S/C38H69N9O5/c1-5-52-31(49)13-10-22(2)25-11-12-26-32-27(15-17-38(25,26)4)37(3)16-14-24(20-23(37)21-30(32)48)46-34(51)29(9-7-19-45-36(42)43)47-33(50)28(39)8-6-18-44-35(40)41/h22-30,32,48H,5-21,39H2,1-4H3,(H,46,51)(H,47,50)(H4,40,41,44)(H4,42,43,45)/t22-,23+,24-,25-,26+,27+,28+,29+,30-,32+,37+,38-/m1/s1. The van der Waals surface area contributed by atoms with Gasteiger partial charge in [0.1, 0.15) is 6.04 Å². The van der Waals surface area contributed by atoms with Gasteiger partial charge >= 0.3 is 5.97 Å². The molecule has 12 atom stereocenters. The van der Waals surface area contributed by atoms with Gasteiger partial charge in [-0.2, -0.15) is 0 Å². The van der Waals surface area contributed by atoms with Crippen LogP contribution in [0.4, 0.5) is 0 Å². The van der Waals surface area contributed by atoms with Crippen LogP contribution in [0.3, 0.4) is 0 Å². The van der Waals surface area contributed by atoms with Crippen molar-refractivity contribution in [3.63, 3.8) is 0 Å². The number of aliphatic hydroxyl groups excluding tert-OH is 1. The first-order valence-electron chi connectivity index (χ1n) is 19.9. The predicted octanol–water partition coefficient (Wildman–Crippen LogP) is 2.00. The summed E-state index contributed by atoms with van der Waals surface area (Å²) in [6, 6.07) is -1.65. The van der Waals surface area contributed by atoms with E-state index in [9.17, 15) is 19.5 Å². The van der Waals surface area contributed by atoms with Crippen LogP contribution < -0.4 is 39.3 Å². The van der Waals surface area contributed by atoms with Crippen LogP contribution in [0.2, 0.25) is 0 Å². The average molecular weight is 732 g/mol. The average Bonchev–Trinajstić information content (AvgIpc) is 3.44. The number of guanidine groups is 2. The Hall–Kier alpha value is -3.13. The number of carbonyl (C=O) groups excluding carboxylic acids is 3. The van der Waals surface area contributed by atoms with Gasteiger partial charge < -0.3 is 49.1 Å². The summed E-state index contributed by atoms with van der Waals surface area (Å²) in [4.78, 5) is 46.9. The Kier molecular flexibility index (Phi) is 14.6. The molecule has 0 radical (unpaired) electrons. The summed E-state index contributed by atoms with van der Waals surface area (Å²) in [6.07, 6.45) is 10.6. The highest BCUT2D eigenvalue weighted by Gasteiger charge is 2.63. The first-order chi connectivity index (χ1) is 24.6. The number of fused-ring (bicyclic) bond motifs is 5. The molecule has 0 spiro atoms. The maximum absolute atomic E-state index is 13.8. The lowest BCUT2D eigenvalue weighted by molar-refractivity contribution is -0.167. The van der Waals surface area contributed by atoms with E-state index in [0.29, 0.717) is 81.4 Å². The van der Waals surface area contributed by atoms with Gasteiger partial charge in [-0.15, -0.1) is 0 Å². The molecule has 0 aliphatic heterocycles. The lowest BCUT2D eigenvalue weighted by Crippen LogP contribution is -2.60. The fourth-order valence-corrected chi connectivity index (χ4v) is 11.1. The Labute approximate surface area is 310 Å². The highest BCUT2D eigenvalue weighted by atomic mass is 16.5. The minimum absolute atomic E-state index is 0.0136. The molecule has 4 fully saturated rings. The zero-order valence-electron chi connectivity index (χ0n) is 32.2. The lowest BCUT2D eigenvalue weighted by Gasteiger charge is -2.62. The Morgan fingerprint density at radius 2 is 1.50 bits per heavy atom. The van der Waals surface area contributed by atoms with Crippen LogP contribution in [-0.4, -0.2) is 78.7 Å². The lowest BCUT2D eigenvalue weighted by atomic mass is 9.43. The minimum atomic E-state index is -0.811. The molecular formula is C38H69N9O5. The van der Waals surface area contributed by atoms with Crippen molar-refractivity contribution < 1.29 is 24.2 Å². The van der Waals surface area contributed by atoms with Gasteiger partial charge in [-0.3, -0.25) is 24.4 Å². The molecule has 0 aromatic heterocycles. The number of nitrogens with two attached hydrogens (primary N) is 5. The van der Waals surface area contributed by atoms with Gasteiger partial charge in [-0.05, 0) is 137 Å². The summed E-state index contributed by atoms with van der Waals surface area (Å²) in [5.41, 5.74) is 28.2. The van der Waals surface area contributed by atoms with E-state index in [1.807, 2.05) is 6.92 Å². The molecule has 0 aromatic carbocycles. The molecule has 14 nitrogen and oxygen atoms in total. The van der Waals surface area contributed by atoms with Crippen molar-refractivity contribution in [2.75, 3.05) is 19.7 Å². The van der Waals surface area contributed by atoms with Crippen LogP contribution in [0.5, 0.6) is 0 Å². The van der Waals surface area contributed by atoms with Crippen LogP contribution in [0, 0.1) is 46.3 Å². The van der Waals surface area contributed by atoms with Crippen molar-refractivity contribution in [1.29, 1.82) is 0 Å². The Balaban J connectivity index is 1.38. The fraction of sp³-hybridized carbons (Fsp3) is 0.868. The van der Waals surface area contributed by atoms with Gasteiger partial charge in [0.25, 0.3) is 0 Å². The topological polar surface area (TPSA) is 260 Å².